The van der Waals surface area contributed by atoms with Crippen LogP contribution in [0, 0.1) is 5.92 Å². The lowest BCUT2D eigenvalue weighted by molar-refractivity contribution is 0.184. The zero-order valence-electron chi connectivity index (χ0n) is 10.3. The lowest BCUT2D eigenvalue weighted by Crippen LogP contribution is -2.33. The molecular formula is C13H21N3S. The maximum atomic E-state index is 5.70. The molecule has 2 N–H and O–H groups in total. The predicted molar refractivity (Wildman–Crippen MR) is 71.9 cm³/mol. The largest absolute Gasteiger partial charge is 0.375 e. The minimum atomic E-state index is 0.705. The number of aromatic nitrogens is 1. The molecule has 0 aromatic carbocycles. The van der Waals surface area contributed by atoms with Crippen LogP contribution in [0.1, 0.15) is 43.4 Å². The molecule has 1 atom stereocenters. The van der Waals surface area contributed by atoms with Crippen molar-refractivity contribution >= 4 is 16.5 Å². The molecule has 0 radical (unpaired) electrons. The first-order valence-electron chi connectivity index (χ1n) is 6.77. The molecular weight excluding hydrogens is 230 g/mol. The van der Waals surface area contributed by atoms with E-state index in [1.807, 2.05) is 6.20 Å². The summed E-state index contributed by atoms with van der Waals surface area (Å²) in [6.07, 6.45) is 10.5. The second-order valence-corrected chi connectivity index (χ2v) is 6.54. The predicted octanol–water partition coefficient (Wildman–Crippen LogP) is 2.88. The van der Waals surface area contributed by atoms with Gasteiger partial charge in [-0.1, -0.05) is 12.8 Å². The number of nitrogens with two attached hydrogens (primary N) is 1. The SMILES string of the molecule is Nc1ncc(CN2CCCC2C2CCCC2)s1. The van der Waals surface area contributed by atoms with Crippen LogP contribution in [-0.2, 0) is 6.54 Å². The molecule has 0 bridgehead atoms. The first kappa shape index (κ1) is 11.5. The van der Waals surface area contributed by atoms with Crippen molar-refractivity contribution in [3.8, 4) is 0 Å². The van der Waals surface area contributed by atoms with Crippen LogP contribution in [-0.4, -0.2) is 22.5 Å². The van der Waals surface area contributed by atoms with E-state index in [0.29, 0.717) is 5.13 Å². The van der Waals surface area contributed by atoms with E-state index < -0.39 is 0 Å². The highest BCUT2D eigenvalue weighted by molar-refractivity contribution is 7.15. The van der Waals surface area contributed by atoms with Crippen molar-refractivity contribution in [2.75, 3.05) is 12.3 Å². The van der Waals surface area contributed by atoms with Gasteiger partial charge in [-0.05, 0) is 38.1 Å². The van der Waals surface area contributed by atoms with Gasteiger partial charge in [0.05, 0.1) is 0 Å². The summed E-state index contributed by atoms with van der Waals surface area (Å²) in [5.41, 5.74) is 5.70. The molecule has 1 saturated heterocycles. The fraction of sp³-hybridized carbons (Fsp3) is 0.769. The van der Waals surface area contributed by atoms with Crippen LogP contribution in [0.4, 0.5) is 5.13 Å². The summed E-state index contributed by atoms with van der Waals surface area (Å²) in [4.78, 5) is 8.15. The summed E-state index contributed by atoms with van der Waals surface area (Å²) in [7, 11) is 0. The zero-order valence-corrected chi connectivity index (χ0v) is 11.1. The topological polar surface area (TPSA) is 42.1 Å². The van der Waals surface area contributed by atoms with Crippen LogP contribution in [0.15, 0.2) is 6.20 Å². The number of rotatable bonds is 3. The molecule has 94 valence electrons. The molecule has 1 unspecified atom stereocenters. The zero-order chi connectivity index (χ0) is 11.7. The molecule has 1 aliphatic carbocycles. The highest BCUT2D eigenvalue weighted by Gasteiger charge is 2.33. The molecule has 4 heteroatoms. The molecule has 0 amide bonds. The number of nitrogen functional groups attached to an aromatic ring is 1. The van der Waals surface area contributed by atoms with E-state index in [1.54, 1.807) is 11.3 Å². The van der Waals surface area contributed by atoms with Crippen LogP contribution < -0.4 is 5.73 Å². The third-order valence-corrected chi connectivity index (χ3v) is 5.10. The minimum Gasteiger partial charge on any atom is -0.375 e. The Balaban J connectivity index is 1.65. The van der Waals surface area contributed by atoms with Crippen LogP contribution >= 0.6 is 11.3 Å². The first-order chi connectivity index (χ1) is 8.33. The maximum Gasteiger partial charge on any atom is 0.180 e. The summed E-state index contributed by atoms with van der Waals surface area (Å²) in [6.45, 7) is 2.33. The summed E-state index contributed by atoms with van der Waals surface area (Å²) in [6, 6.07) is 0.834. The Morgan fingerprint density at radius 2 is 2.12 bits per heavy atom. The van der Waals surface area contributed by atoms with Gasteiger partial charge in [0.2, 0.25) is 0 Å². The molecule has 1 aromatic heterocycles. The highest BCUT2D eigenvalue weighted by atomic mass is 32.1. The van der Waals surface area contributed by atoms with Crippen molar-refractivity contribution in [2.24, 2.45) is 5.92 Å². The Morgan fingerprint density at radius 3 is 2.82 bits per heavy atom. The van der Waals surface area contributed by atoms with Crippen LogP contribution in [0.5, 0.6) is 0 Å². The second-order valence-electron chi connectivity index (χ2n) is 5.39. The Kier molecular flexibility index (Phi) is 3.34. The van der Waals surface area contributed by atoms with Gasteiger partial charge in [-0.2, -0.15) is 0 Å². The average molecular weight is 251 g/mol. The summed E-state index contributed by atoms with van der Waals surface area (Å²) < 4.78 is 0. The van der Waals surface area contributed by atoms with Crippen molar-refractivity contribution < 1.29 is 0 Å². The third kappa shape index (κ3) is 2.47. The number of nitrogens with zero attached hydrogens (tertiary/aromatic N) is 2. The van der Waals surface area contributed by atoms with Crippen LogP contribution in [0.3, 0.4) is 0 Å². The molecule has 3 nitrogen and oxygen atoms in total. The van der Waals surface area contributed by atoms with E-state index in [1.165, 1.54) is 49.9 Å². The van der Waals surface area contributed by atoms with Crippen LogP contribution in [0.25, 0.3) is 0 Å². The Morgan fingerprint density at radius 1 is 1.29 bits per heavy atom. The maximum absolute atomic E-state index is 5.70. The number of hydrogen-bond acceptors (Lipinski definition) is 4. The Hall–Kier alpha value is -0.610. The quantitative estimate of drug-likeness (QED) is 0.898. The van der Waals surface area contributed by atoms with E-state index >= 15 is 0 Å². The molecule has 1 aliphatic heterocycles. The van der Waals surface area contributed by atoms with E-state index in [-0.39, 0.29) is 0 Å². The smallest absolute Gasteiger partial charge is 0.180 e. The molecule has 17 heavy (non-hydrogen) atoms. The number of anilines is 1. The summed E-state index contributed by atoms with van der Waals surface area (Å²) in [5, 5.41) is 0.705. The van der Waals surface area contributed by atoms with E-state index in [4.69, 9.17) is 5.73 Å². The van der Waals surface area contributed by atoms with Crippen molar-refractivity contribution in [3.63, 3.8) is 0 Å². The standard InChI is InChI=1S/C13H21N3S/c14-13-15-8-11(17-13)9-16-7-3-6-12(16)10-4-1-2-5-10/h8,10,12H,1-7,9H2,(H2,14,15). The normalized spacial score (nSPS) is 26.9. The van der Waals surface area contributed by atoms with Gasteiger partial charge >= 0.3 is 0 Å². The fourth-order valence-corrected chi connectivity index (χ4v) is 4.23. The van der Waals surface area contributed by atoms with Crippen molar-refractivity contribution in [2.45, 2.75) is 51.1 Å². The van der Waals surface area contributed by atoms with Gasteiger partial charge in [0.1, 0.15) is 0 Å². The molecule has 1 aromatic rings. The second kappa shape index (κ2) is 4.94. The van der Waals surface area contributed by atoms with Crippen molar-refractivity contribution in [1.82, 2.24) is 9.88 Å². The number of thiazole rings is 1. The van der Waals surface area contributed by atoms with Gasteiger partial charge < -0.3 is 5.73 Å². The monoisotopic (exact) mass is 251 g/mol. The Bertz CT molecular complexity index is 370. The van der Waals surface area contributed by atoms with E-state index in [2.05, 4.69) is 9.88 Å². The van der Waals surface area contributed by atoms with Gasteiger partial charge in [-0.15, -0.1) is 11.3 Å². The summed E-state index contributed by atoms with van der Waals surface area (Å²) >= 11 is 1.64. The highest BCUT2D eigenvalue weighted by Crippen LogP contribution is 2.36. The molecule has 2 heterocycles. The molecule has 2 aliphatic rings. The molecule has 3 rings (SSSR count). The van der Waals surface area contributed by atoms with Gasteiger partial charge in [0.15, 0.2) is 5.13 Å². The number of likely N-dealkylation sites (tertiary alicyclic amines) is 1. The molecule has 1 saturated carbocycles. The van der Waals surface area contributed by atoms with E-state index in [9.17, 15) is 0 Å². The summed E-state index contributed by atoms with van der Waals surface area (Å²) in [5.74, 6) is 0.961. The lowest BCUT2D eigenvalue weighted by atomic mass is 9.96. The number of hydrogen-bond donors (Lipinski definition) is 1. The molecule has 0 spiro atoms. The average Bonchev–Trinajstić information content (AvgIpc) is 3.00. The lowest BCUT2D eigenvalue weighted by Gasteiger charge is -2.28. The third-order valence-electron chi connectivity index (χ3n) is 4.29. The van der Waals surface area contributed by atoms with Gasteiger partial charge in [0.25, 0.3) is 0 Å². The minimum absolute atomic E-state index is 0.705. The first-order valence-corrected chi connectivity index (χ1v) is 7.59. The van der Waals surface area contributed by atoms with E-state index in [0.717, 1.165) is 18.5 Å². The van der Waals surface area contributed by atoms with Gasteiger partial charge in [-0.25, -0.2) is 4.98 Å². The Labute approximate surface area is 107 Å². The van der Waals surface area contributed by atoms with Gasteiger partial charge in [-0.3, -0.25) is 4.90 Å². The van der Waals surface area contributed by atoms with Crippen molar-refractivity contribution in [1.29, 1.82) is 0 Å². The fourth-order valence-electron chi connectivity index (χ4n) is 3.52. The van der Waals surface area contributed by atoms with Crippen molar-refractivity contribution in [3.05, 3.63) is 11.1 Å². The van der Waals surface area contributed by atoms with Crippen LogP contribution in [0.2, 0.25) is 0 Å². The molecule has 2 fully saturated rings. The van der Waals surface area contributed by atoms with Gasteiger partial charge in [0, 0.05) is 23.7 Å².